The molecule has 0 aliphatic carbocycles. The van der Waals surface area contributed by atoms with Crippen LogP contribution in [-0.2, 0) is 6.54 Å². The van der Waals surface area contributed by atoms with Crippen molar-refractivity contribution in [3.63, 3.8) is 0 Å². The van der Waals surface area contributed by atoms with Crippen LogP contribution in [0.15, 0.2) is 18.2 Å². The van der Waals surface area contributed by atoms with Crippen LogP contribution in [-0.4, -0.2) is 38.5 Å². The highest BCUT2D eigenvalue weighted by atomic mass is 35.5. The molecule has 0 bridgehead atoms. The standard InChI is InChI=1S/C12H19ClN2O2/c1-17-12-3-2-11(13)8-10(12)9-15-5-4-14-6-7-16/h2-3,8,14-16H,4-7,9H2,1H3. The Morgan fingerprint density at radius 1 is 1.24 bits per heavy atom. The number of benzene rings is 1. The first-order chi connectivity index (χ1) is 8.27. The van der Waals surface area contributed by atoms with Crippen molar-refractivity contribution in [1.82, 2.24) is 10.6 Å². The Balaban J connectivity index is 2.32. The fourth-order valence-electron chi connectivity index (χ4n) is 1.49. The van der Waals surface area contributed by atoms with E-state index >= 15 is 0 Å². The van der Waals surface area contributed by atoms with Gasteiger partial charge in [0.25, 0.3) is 0 Å². The Kier molecular flexibility index (Phi) is 6.96. The van der Waals surface area contributed by atoms with Crippen molar-refractivity contribution in [3.05, 3.63) is 28.8 Å². The number of halogens is 1. The van der Waals surface area contributed by atoms with Gasteiger partial charge in [-0.05, 0) is 18.2 Å². The second kappa shape index (κ2) is 8.31. The van der Waals surface area contributed by atoms with E-state index in [2.05, 4.69) is 10.6 Å². The molecule has 96 valence electrons. The van der Waals surface area contributed by atoms with Gasteiger partial charge >= 0.3 is 0 Å². The van der Waals surface area contributed by atoms with Crippen LogP contribution in [0.25, 0.3) is 0 Å². The molecule has 0 atom stereocenters. The van der Waals surface area contributed by atoms with Gasteiger partial charge in [-0.25, -0.2) is 0 Å². The lowest BCUT2D eigenvalue weighted by atomic mass is 10.2. The van der Waals surface area contributed by atoms with E-state index in [4.69, 9.17) is 21.4 Å². The van der Waals surface area contributed by atoms with Gasteiger partial charge in [0.2, 0.25) is 0 Å². The molecule has 3 N–H and O–H groups in total. The van der Waals surface area contributed by atoms with Crippen LogP contribution < -0.4 is 15.4 Å². The van der Waals surface area contributed by atoms with E-state index in [9.17, 15) is 0 Å². The summed E-state index contributed by atoms with van der Waals surface area (Å²) >= 11 is 5.93. The zero-order valence-electron chi connectivity index (χ0n) is 10.0. The van der Waals surface area contributed by atoms with Crippen LogP contribution in [0, 0.1) is 0 Å². The van der Waals surface area contributed by atoms with Gasteiger partial charge in [0.15, 0.2) is 0 Å². The summed E-state index contributed by atoms with van der Waals surface area (Å²) in [5, 5.41) is 15.7. The fourth-order valence-corrected chi connectivity index (χ4v) is 1.68. The fraction of sp³-hybridized carbons (Fsp3) is 0.500. The molecule has 0 spiro atoms. The number of aliphatic hydroxyl groups is 1. The van der Waals surface area contributed by atoms with E-state index in [1.54, 1.807) is 7.11 Å². The largest absolute Gasteiger partial charge is 0.496 e. The van der Waals surface area contributed by atoms with Crippen molar-refractivity contribution in [2.45, 2.75) is 6.54 Å². The molecule has 4 nitrogen and oxygen atoms in total. The van der Waals surface area contributed by atoms with E-state index in [0.29, 0.717) is 18.1 Å². The summed E-state index contributed by atoms with van der Waals surface area (Å²) in [4.78, 5) is 0. The van der Waals surface area contributed by atoms with Crippen molar-refractivity contribution in [1.29, 1.82) is 0 Å². The summed E-state index contributed by atoms with van der Waals surface area (Å²) in [5.41, 5.74) is 1.04. The molecular weight excluding hydrogens is 240 g/mol. The normalized spacial score (nSPS) is 10.5. The summed E-state index contributed by atoms with van der Waals surface area (Å²) in [6.07, 6.45) is 0. The Bertz CT molecular complexity index is 334. The average molecular weight is 259 g/mol. The number of methoxy groups -OCH3 is 1. The number of ether oxygens (including phenoxy) is 1. The molecule has 17 heavy (non-hydrogen) atoms. The van der Waals surface area contributed by atoms with Crippen molar-refractivity contribution in [2.24, 2.45) is 0 Å². The van der Waals surface area contributed by atoms with Crippen LogP contribution in [0.5, 0.6) is 5.75 Å². The van der Waals surface area contributed by atoms with Gasteiger partial charge < -0.3 is 20.5 Å². The van der Waals surface area contributed by atoms with Crippen LogP contribution in [0.4, 0.5) is 0 Å². The van der Waals surface area contributed by atoms with Gasteiger partial charge in [0, 0.05) is 36.8 Å². The topological polar surface area (TPSA) is 53.5 Å². The van der Waals surface area contributed by atoms with Crippen LogP contribution >= 0.6 is 11.6 Å². The van der Waals surface area contributed by atoms with E-state index in [1.165, 1.54) is 0 Å². The zero-order valence-corrected chi connectivity index (χ0v) is 10.8. The van der Waals surface area contributed by atoms with Gasteiger partial charge in [0.05, 0.1) is 13.7 Å². The van der Waals surface area contributed by atoms with Crippen molar-refractivity contribution in [3.8, 4) is 5.75 Å². The lowest BCUT2D eigenvalue weighted by molar-refractivity contribution is 0.292. The van der Waals surface area contributed by atoms with Crippen molar-refractivity contribution >= 4 is 11.6 Å². The third-order valence-corrected chi connectivity index (χ3v) is 2.56. The molecule has 1 rings (SSSR count). The van der Waals surface area contributed by atoms with Crippen LogP contribution in [0.3, 0.4) is 0 Å². The lowest BCUT2D eigenvalue weighted by Crippen LogP contribution is -2.28. The predicted molar refractivity (Wildman–Crippen MR) is 69.7 cm³/mol. The first-order valence-electron chi connectivity index (χ1n) is 5.62. The molecular formula is C12H19ClN2O2. The average Bonchev–Trinajstić information content (AvgIpc) is 2.34. The second-order valence-electron chi connectivity index (χ2n) is 3.61. The van der Waals surface area contributed by atoms with E-state index < -0.39 is 0 Å². The Morgan fingerprint density at radius 3 is 2.71 bits per heavy atom. The highest BCUT2D eigenvalue weighted by Crippen LogP contribution is 2.22. The molecule has 0 fully saturated rings. The summed E-state index contributed by atoms with van der Waals surface area (Å²) in [5.74, 6) is 0.838. The summed E-state index contributed by atoms with van der Waals surface area (Å²) in [6, 6.07) is 5.57. The van der Waals surface area contributed by atoms with Gasteiger partial charge in [-0.1, -0.05) is 11.6 Å². The highest BCUT2D eigenvalue weighted by Gasteiger charge is 2.02. The van der Waals surface area contributed by atoms with E-state index in [0.717, 1.165) is 24.4 Å². The first kappa shape index (κ1) is 14.3. The summed E-state index contributed by atoms with van der Waals surface area (Å²) < 4.78 is 5.25. The molecule has 0 aliphatic rings. The maximum atomic E-state index is 8.59. The molecule has 0 amide bonds. The maximum Gasteiger partial charge on any atom is 0.123 e. The van der Waals surface area contributed by atoms with Crippen molar-refractivity contribution in [2.75, 3.05) is 33.4 Å². The second-order valence-corrected chi connectivity index (χ2v) is 4.04. The molecule has 0 saturated carbocycles. The monoisotopic (exact) mass is 258 g/mol. The smallest absolute Gasteiger partial charge is 0.123 e. The first-order valence-corrected chi connectivity index (χ1v) is 6.00. The molecule has 0 unspecified atom stereocenters. The Morgan fingerprint density at radius 2 is 2.00 bits per heavy atom. The van der Waals surface area contributed by atoms with Crippen molar-refractivity contribution < 1.29 is 9.84 Å². The molecule has 0 radical (unpaired) electrons. The predicted octanol–water partition coefficient (Wildman–Crippen LogP) is 1.02. The minimum atomic E-state index is 0.169. The third-order valence-electron chi connectivity index (χ3n) is 2.33. The van der Waals surface area contributed by atoms with Gasteiger partial charge in [-0.3, -0.25) is 0 Å². The Hall–Kier alpha value is -0.810. The number of aliphatic hydroxyl groups excluding tert-OH is 1. The molecule has 0 saturated heterocycles. The van der Waals surface area contributed by atoms with Gasteiger partial charge in [0.1, 0.15) is 5.75 Å². The number of nitrogens with one attached hydrogen (secondary N) is 2. The molecule has 0 aliphatic heterocycles. The van der Waals surface area contributed by atoms with Crippen LogP contribution in [0.2, 0.25) is 5.02 Å². The minimum Gasteiger partial charge on any atom is -0.496 e. The number of rotatable bonds is 8. The quantitative estimate of drug-likeness (QED) is 0.610. The molecule has 1 aromatic rings. The molecule has 1 aromatic carbocycles. The SMILES string of the molecule is COc1ccc(Cl)cc1CNCCNCCO. The summed E-state index contributed by atoms with van der Waals surface area (Å²) in [6.45, 7) is 3.16. The maximum absolute atomic E-state index is 8.59. The van der Waals surface area contributed by atoms with Crippen LogP contribution in [0.1, 0.15) is 5.56 Å². The van der Waals surface area contributed by atoms with Gasteiger partial charge in [-0.2, -0.15) is 0 Å². The highest BCUT2D eigenvalue weighted by molar-refractivity contribution is 6.30. The molecule has 0 heterocycles. The molecule has 5 heteroatoms. The van der Waals surface area contributed by atoms with E-state index in [1.807, 2.05) is 18.2 Å². The van der Waals surface area contributed by atoms with E-state index in [-0.39, 0.29) is 6.61 Å². The number of hydrogen-bond donors (Lipinski definition) is 3. The number of hydrogen-bond acceptors (Lipinski definition) is 4. The van der Waals surface area contributed by atoms with Gasteiger partial charge in [-0.15, -0.1) is 0 Å². The summed E-state index contributed by atoms with van der Waals surface area (Å²) in [7, 11) is 1.65. The lowest BCUT2D eigenvalue weighted by Gasteiger charge is -2.10. The Labute approximate surface area is 107 Å². The molecule has 0 aromatic heterocycles. The zero-order chi connectivity index (χ0) is 12.5. The minimum absolute atomic E-state index is 0.169. The third kappa shape index (κ3) is 5.37.